The van der Waals surface area contributed by atoms with E-state index in [0.717, 1.165) is 11.3 Å². The second-order valence-corrected chi connectivity index (χ2v) is 7.22. The largest absolute Gasteiger partial charge is 0.444 e. The number of anilines is 1. The van der Waals surface area contributed by atoms with Gasteiger partial charge < -0.3 is 15.1 Å². The Balaban J connectivity index is 1.36. The van der Waals surface area contributed by atoms with Crippen molar-refractivity contribution in [3.8, 4) is 5.69 Å². The Morgan fingerprint density at radius 2 is 1.83 bits per heavy atom. The van der Waals surface area contributed by atoms with E-state index < -0.39 is 5.91 Å². The first-order valence-corrected chi connectivity index (χ1v) is 9.92. The minimum atomic E-state index is -0.393. The van der Waals surface area contributed by atoms with E-state index in [-0.39, 0.29) is 11.7 Å². The number of carbonyl (C=O) groups is 2. The van der Waals surface area contributed by atoms with Crippen LogP contribution in [-0.4, -0.2) is 21.6 Å². The van der Waals surface area contributed by atoms with Gasteiger partial charge >= 0.3 is 0 Å². The summed E-state index contributed by atoms with van der Waals surface area (Å²) in [5, 5.41) is 9.79. The molecular weight excluding hydrogens is 448 g/mol. The number of amides is 2. The maximum atomic E-state index is 12.5. The number of carbonyl (C=O) groups excluding carboxylic acids is 2. The summed E-state index contributed by atoms with van der Waals surface area (Å²) in [6.07, 6.45) is 3.59. The number of halogens is 1. The Morgan fingerprint density at radius 3 is 2.53 bits per heavy atom. The van der Waals surface area contributed by atoms with E-state index in [9.17, 15) is 9.59 Å². The van der Waals surface area contributed by atoms with E-state index in [1.165, 1.54) is 0 Å². The van der Waals surface area contributed by atoms with Gasteiger partial charge in [0.05, 0.1) is 5.69 Å². The van der Waals surface area contributed by atoms with Crippen molar-refractivity contribution >= 4 is 33.4 Å². The van der Waals surface area contributed by atoms with Crippen LogP contribution in [-0.2, 0) is 6.54 Å². The number of aromatic nitrogens is 2. The number of hydrogen-bond donors (Lipinski definition) is 2. The van der Waals surface area contributed by atoms with Crippen LogP contribution in [0.4, 0.5) is 5.69 Å². The van der Waals surface area contributed by atoms with E-state index in [2.05, 4.69) is 31.7 Å². The summed E-state index contributed by atoms with van der Waals surface area (Å²) >= 11 is 3.16. The Bertz CT molecular complexity index is 1170. The zero-order valence-electron chi connectivity index (χ0n) is 15.7. The van der Waals surface area contributed by atoms with E-state index >= 15 is 0 Å². The third-order valence-electron chi connectivity index (χ3n) is 4.34. The summed E-state index contributed by atoms with van der Waals surface area (Å²) in [5.41, 5.74) is 2.86. The minimum absolute atomic E-state index is 0.176. The molecule has 0 spiro atoms. The highest BCUT2D eigenvalue weighted by atomic mass is 79.9. The zero-order chi connectivity index (χ0) is 20.9. The number of furan rings is 1. The van der Waals surface area contributed by atoms with Crippen LogP contribution in [0.5, 0.6) is 0 Å². The Hall–Kier alpha value is -3.65. The fourth-order valence-electron chi connectivity index (χ4n) is 2.84. The first-order chi connectivity index (χ1) is 14.6. The quantitative estimate of drug-likeness (QED) is 0.442. The van der Waals surface area contributed by atoms with Gasteiger partial charge in [0, 0.05) is 30.2 Å². The third-order valence-corrected chi connectivity index (χ3v) is 4.76. The van der Waals surface area contributed by atoms with Crippen LogP contribution < -0.4 is 10.6 Å². The monoisotopic (exact) mass is 464 g/mol. The van der Waals surface area contributed by atoms with Crippen molar-refractivity contribution in [3.05, 3.63) is 101 Å². The number of hydrogen-bond acceptors (Lipinski definition) is 4. The van der Waals surface area contributed by atoms with Gasteiger partial charge in [-0.25, -0.2) is 4.68 Å². The molecule has 0 saturated carbocycles. The second kappa shape index (κ2) is 8.79. The van der Waals surface area contributed by atoms with Crippen LogP contribution in [0.3, 0.4) is 0 Å². The van der Waals surface area contributed by atoms with E-state index in [1.807, 2.05) is 36.5 Å². The molecule has 4 aromatic rings. The van der Waals surface area contributed by atoms with Crippen molar-refractivity contribution < 1.29 is 14.0 Å². The molecule has 0 aliphatic carbocycles. The molecule has 0 saturated heterocycles. The predicted octanol–water partition coefficient (Wildman–Crippen LogP) is 4.41. The number of nitrogens with one attached hydrogen (secondary N) is 2. The average molecular weight is 465 g/mol. The molecule has 0 aliphatic rings. The first kappa shape index (κ1) is 19.7. The zero-order valence-corrected chi connectivity index (χ0v) is 17.3. The van der Waals surface area contributed by atoms with Crippen molar-refractivity contribution in [2.45, 2.75) is 6.54 Å². The summed E-state index contributed by atoms with van der Waals surface area (Å²) in [7, 11) is 0. The predicted molar refractivity (Wildman–Crippen MR) is 116 cm³/mol. The number of rotatable bonds is 6. The van der Waals surface area contributed by atoms with E-state index in [1.54, 1.807) is 47.3 Å². The Kier molecular flexibility index (Phi) is 5.76. The molecule has 150 valence electrons. The highest BCUT2D eigenvalue weighted by molar-refractivity contribution is 9.10. The van der Waals surface area contributed by atoms with Crippen LogP contribution in [0.1, 0.15) is 26.5 Å². The number of nitrogens with zero attached hydrogens (tertiary/aromatic N) is 2. The molecule has 0 fully saturated rings. The molecule has 8 heteroatoms. The molecule has 0 atom stereocenters. The molecule has 2 heterocycles. The molecule has 2 N–H and O–H groups in total. The van der Waals surface area contributed by atoms with Crippen LogP contribution in [0, 0.1) is 0 Å². The SMILES string of the molecule is O=C(NCc1ccc(-n2cccn2)cc1)c1cccc(NC(=O)c2ccc(Br)o2)c1. The maximum absolute atomic E-state index is 12.5. The average Bonchev–Trinajstić information content (AvgIpc) is 3.45. The summed E-state index contributed by atoms with van der Waals surface area (Å²) in [4.78, 5) is 24.7. The van der Waals surface area contributed by atoms with Gasteiger partial charge in [-0.2, -0.15) is 5.10 Å². The second-order valence-electron chi connectivity index (χ2n) is 6.44. The smallest absolute Gasteiger partial charge is 0.291 e. The van der Waals surface area contributed by atoms with E-state index in [4.69, 9.17) is 4.42 Å². The van der Waals surface area contributed by atoms with E-state index in [0.29, 0.717) is 22.5 Å². The lowest BCUT2D eigenvalue weighted by molar-refractivity contribution is 0.0949. The van der Waals surface area contributed by atoms with Gasteiger partial charge in [0.2, 0.25) is 0 Å². The fourth-order valence-corrected chi connectivity index (χ4v) is 3.15. The van der Waals surface area contributed by atoms with Crippen molar-refractivity contribution in [1.29, 1.82) is 0 Å². The number of benzene rings is 2. The minimum Gasteiger partial charge on any atom is -0.444 e. The van der Waals surface area contributed by atoms with Crippen LogP contribution in [0.15, 0.2) is 88.2 Å². The molecule has 0 unspecified atom stereocenters. The Morgan fingerprint density at radius 1 is 1.00 bits per heavy atom. The van der Waals surface area contributed by atoms with Crippen LogP contribution >= 0.6 is 15.9 Å². The highest BCUT2D eigenvalue weighted by Crippen LogP contribution is 2.17. The summed E-state index contributed by atoms with van der Waals surface area (Å²) in [5.74, 6) is -0.450. The van der Waals surface area contributed by atoms with Crippen molar-refractivity contribution in [1.82, 2.24) is 15.1 Å². The fraction of sp³-hybridized carbons (Fsp3) is 0.0455. The van der Waals surface area contributed by atoms with Gasteiger partial charge in [-0.05, 0) is 70.0 Å². The van der Waals surface area contributed by atoms with Crippen LogP contribution in [0.25, 0.3) is 5.69 Å². The summed E-state index contributed by atoms with van der Waals surface area (Å²) < 4.78 is 7.47. The topological polar surface area (TPSA) is 89.2 Å². The molecule has 0 aliphatic heterocycles. The standard InChI is InChI=1S/C22H17BrN4O3/c23-20-10-9-19(30-20)22(29)26-17-4-1-3-16(13-17)21(28)24-14-15-5-7-18(8-6-15)27-12-2-11-25-27/h1-13H,14H2,(H,24,28)(H,26,29). The highest BCUT2D eigenvalue weighted by Gasteiger charge is 2.12. The lowest BCUT2D eigenvalue weighted by Gasteiger charge is -2.09. The molecule has 2 amide bonds. The molecule has 30 heavy (non-hydrogen) atoms. The normalized spacial score (nSPS) is 10.6. The van der Waals surface area contributed by atoms with Crippen molar-refractivity contribution in [2.75, 3.05) is 5.32 Å². The molecular formula is C22H17BrN4O3. The van der Waals surface area contributed by atoms with Gasteiger partial charge in [-0.3, -0.25) is 9.59 Å². The molecule has 2 aromatic heterocycles. The first-order valence-electron chi connectivity index (χ1n) is 9.12. The maximum Gasteiger partial charge on any atom is 0.291 e. The lowest BCUT2D eigenvalue weighted by Crippen LogP contribution is -2.23. The third kappa shape index (κ3) is 4.66. The molecule has 0 radical (unpaired) electrons. The van der Waals surface area contributed by atoms with Crippen molar-refractivity contribution in [3.63, 3.8) is 0 Å². The van der Waals surface area contributed by atoms with Crippen molar-refractivity contribution in [2.24, 2.45) is 0 Å². The lowest BCUT2D eigenvalue weighted by atomic mass is 10.1. The van der Waals surface area contributed by atoms with Crippen LogP contribution in [0.2, 0.25) is 0 Å². The molecule has 2 aromatic carbocycles. The molecule has 4 rings (SSSR count). The van der Waals surface area contributed by atoms with Gasteiger partial charge in [0.1, 0.15) is 0 Å². The molecule has 7 nitrogen and oxygen atoms in total. The van der Waals surface area contributed by atoms with Gasteiger partial charge in [-0.15, -0.1) is 0 Å². The summed E-state index contributed by atoms with van der Waals surface area (Å²) in [6, 6.07) is 19.6. The Labute approximate surface area is 180 Å². The van der Waals surface area contributed by atoms with Gasteiger partial charge in [-0.1, -0.05) is 18.2 Å². The summed E-state index contributed by atoms with van der Waals surface area (Å²) in [6.45, 7) is 0.384. The van der Waals surface area contributed by atoms with Gasteiger partial charge in [0.25, 0.3) is 11.8 Å². The van der Waals surface area contributed by atoms with Gasteiger partial charge in [0.15, 0.2) is 10.4 Å². The molecule has 0 bridgehead atoms.